The first kappa shape index (κ1) is 31.5. The maximum Gasteiger partial charge on any atom is 0.0791 e. The molecule has 0 aliphatic rings. The molecular weight excluding hydrogens is 575 g/mol. The molecule has 0 radical (unpaired) electrons. The molecule has 5 rings (SSSR count). The van der Waals surface area contributed by atoms with Gasteiger partial charge in [0.2, 0.25) is 0 Å². The number of hydrogen-bond acceptors (Lipinski definition) is 4. The quantitative estimate of drug-likeness (QED) is 0.0713. The van der Waals surface area contributed by atoms with Gasteiger partial charge >= 0.3 is 0 Å². The van der Waals surface area contributed by atoms with E-state index in [1.165, 1.54) is 135 Å². The molecule has 0 amide bonds. The summed E-state index contributed by atoms with van der Waals surface area (Å²) >= 11 is 8.30. The molecule has 1 nitrogen and oxygen atoms in total. The first-order valence-corrected chi connectivity index (χ1v) is 20.5. The molecule has 0 aromatic carbocycles. The van der Waals surface area contributed by atoms with Gasteiger partial charge in [-0.1, -0.05) is 117 Å². The largest absolute Gasteiger partial charge is 0.337 e. The molecule has 0 aliphatic heterocycles. The average Bonchev–Trinajstić information content (AvgIpc) is 3.76. The highest BCUT2D eigenvalue weighted by Crippen LogP contribution is 2.51. The first-order chi connectivity index (χ1) is 20.3. The van der Waals surface area contributed by atoms with Crippen molar-refractivity contribution in [3.63, 3.8) is 0 Å². The van der Waals surface area contributed by atoms with Crippen molar-refractivity contribution in [2.24, 2.45) is 0 Å². The Hall–Kier alpha value is -0.880. The Kier molecular flexibility index (Phi) is 12.5. The van der Waals surface area contributed by atoms with Crippen LogP contribution in [0.4, 0.5) is 0 Å². The molecule has 5 aromatic heterocycles. The predicted octanol–water partition coefficient (Wildman–Crippen LogP) is 14.5. The number of unbranched alkanes of at least 4 members (excludes halogenated alkanes) is 15. The van der Waals surface area contributed by atoms with Crippen molar-refractivity contribution in [1.82, 2.24) is 4.57 Å². The van der Waals surface area contributed by atoms with Crippen molar-refractivity contribution in [2.75, 3.05) is 0 Å². The summed E-state index contributed by atoms with van der Waals surface area (Å²) in [5.41, 5.74) is 6.39. The summed E-state index contributed by atoms with van der Waals surface area (Å²) in [6, 6.07) is 0. The fraction of sp³-hybridized carbons (Fsp3) is 0.667. The number of aromatic nitrogens is 1. The lowest BCUT2D eigenvalue weighted by Crippen LogP contribution is -1.97. The van der Waals surface area contributed by atoms with E-state index in [9.17, 15) is 0 Å². The summed E-state index contributed by atoms with van der Waals surface area (Å²) in [6.45, 7) is 8.12. The second kappa shape index (κ2) is 16.3. The van der Waals surface area contributed by atoms with Crippen molar-refractivity contribution in [3.8, 4) is 0 Å². The van der Waals surface area contributed by atoms with E-state index in [2.05, 4.69) is 58.8 Å². The van der Waals surface area contributed by atoms with E-state index in [-0.39, 0.29) is 0 Å². The molecule has 0 atom stereocenters. The van der Waals surface area contributed by atoms with Gasteiger partial charge in [-0.05, 0) is 54.0 Å². The molecule has 5 aromatic rings. The van der Waals surface area contributed by atoms with E-state index in [1.807, 2.05) is 22.7 Å². The second-order valence-corrected chi connectivity index (χ2v) is 16.2. The third-order valence-electron chi connectivity index (χ3n) is 8.98. The van der Waals surface area contributed by atoms with E-state index in [4.69, 9.17) is 0 Å². The van der Waals surface area contributed by atoms with Gasteiger partial charge < -0.3 is 4.57 Å². The number of hydrogen-bond donors (Lipinski definition) is 0. The first-order valence-electron chi connectivity index (χ1n) is 17.1. The Morgan fingerprint density at radius 2 is 0.829 bits per heavy atom. The molecule has 0 aliphatic carbocycles. The van der Waals surface area contributed by atoms with Crippen LogP contribution in [0.1, 0.15) is 147 Å². The van der Waals surface area contributed by atoms with Crippen LogP contribution in [0.15, 0.2) is 10.8 Å². The van der Waals surface area contributed by atoms with Crippen molar-refractivity contribution < 1.29 is 0 Å². The Balaban J connectivity index is 1.36. The van der Waals surface area contributed by atoms with Crippen LogP contribution in [0.25, 0.3) is 39.2 Å². The summed E-state index contributed by atoms with van der Waals surface area (Å²) in [6.07, 6.45) is 27.4. The maximum absolute atomic E-state index is 2.79. The van der Waals surface area contributed by atoms with Crippen molar-refractivity contribution >= 4 is 84.6 Å². The highest BCUT2D eigenvalue weighted by molar-refractivity contribution is 7.38. The standard InChI is InChI=1S/C36H53NS4/c1-4-7-10-13-14-15-16-17-18-21-24-37-29-33-31(27(25-38-33)22-19-11-8-5-2)40-35(29)36-30(37)34-32(41-36)28(26-39-34)23-20-12-9-6-3/h25-26H,4-24H2,1-3H3. The van der Waals surface area contributed by atoms with Crippen molar-refractivity contribution in [2.45, 2.75) is 156 Å². The van der Waals surface area contributed by atoms with Gasteiger partial charge in [-0.3, -0.25) is 0 Å². The van der Waals surface area contributed by atoms with E-state index in [0.29, 0.717) is 0 Å². The third kappa shape index (κ3) is 7.44. The van der Waals surface area contributed by atoms with Gasteiger partial charge in [0.1, 0.15) is 0 Å². The number of thiophene rings is 4. The maximum atomic E-state index is 2.79. The smallest absolute Gasteiger partial charge is 0.0791 e. The van der Waals surface area contributed by atoms with Crippen LogP contribution >= 0.6 is 45.3 Å². The molecule has 226 valence electrons. The van der Waals surface area contributed by atoms with Crippen LogP contribution in [0.2, 0.25) is 0 Å². The zero-order chi connectivity index (χ0) is 28.4. The minimum Gasteiger partial charge on any atom is -0.337 e. The minimum absolute atomic E-state index is 1.18. The van der Waals surface area contributed by atoms with Gasteiger partial charge in [-0.25, -0.2) is 0 Å². The Bertz CT molecular complexity index is 1370. The number of fused-ring (bicyclic) bond motifs is 7. The van der Waals surface area contributed by atoms with E-state index in [1.54, 1.807) is 50.4 Å². The normalized spacial score (nSPS) is 12.4. The van der Waals surface area contributed by atoms with E-state index >= 15 is 0 Å². The summed E-state index contributed by atoms with van der Waals surface area (Å²) < 4.78 is 12.3. The third-order valence-corrected chi connectivity index (χ3v) is 14.0. The zero-order valence-electron chi connectivity index (χ0n) is 26.1. The lowest BCUT2D eigenvalue weighted by molar-refractivity contribution is 0.542. The van der Waals surface area contributed by atoms with Gasteiger partial charge in [0.05, 0.1) is 39.2 Å². The highest BCUT2D eigenvalue weighted by Gasteiger charge is 2.24. The van der Waals surface area contributed by atoms with Crippen LogP contribution in [-0.4, -0.2) is 4.57 Å². The number of aryl methyl sites for hydroxylation is 3. The van der Waals surface area contributed by atoms with Crippen LogP contribution in [0, 0.1) is 0 Å². The fourth-order valence-corrected chi connectivity index (χ4v) is 12.1. The Morgan fingerprint density at radius 1 is 0.439 bits per heavy atom. The molecule has 0 N–H and O–H groups in total. The van der Waals surface area contributed by atoms with Crippen LogP contribution in [0.5, 0.6) is 0 Å². The van der Waals surface area contributed by atoms with Gasteiger partial charge in [0.15, 0.2) is 0 Å². The average molecular weight is 628 g/mol. The molecular formula is C36H53NS4. The molecule has 5 heteroatoms. The van der Waals surface area contributed by atoms with Gasteiger partial charge in [-0.15, -0.1) is 45.3 Å². The monoisotopic (exact) mass is 627 g/mol. The number of rotatable bonds is 21. The summed E-state index contributed by atoms with van der Waals surface area (Å²) in [4.78, 5) is 0. The zero-order valence-corrected chi connectivity index (χ0v) is 29.4. The molecule has 0 bridgehead atoms. The van der Waals surface area contributed by atoms with Gasteiger partial charge in [0.25, 0.3) is 0 Å². The Labute approximate surface area is 265 Å². The van der Waals surface area contributed by atoms with E-state index < -0.39 is 0 Å². The van der Waals surface area contributed by atoms with E-state index in [0.717, 1.165) is 0 Å². The Morgan fingerprint density at radius 3 is 1.27 bits per heavy atom. The summed E-state index contributed by atoms with van der Waals surface area (Å²) in [7, 11) is 0. The molecule has 0 saturated heterocycles. The van der Waals surface area contributed by atoms with Crippen LogP contribution < -0.4 is 0 Å². The molecule has 5 heterocycles. The number of nitrogens with zero attached hydrogens (tertiary/aromatic N) is 1. The molecule has 41 heavy (non-hydrogen) atoms. The lowest BCUT2D eigenvalue weighted by Gasteiger charge is -2.07. The molecule has 0 unspecified atom stereocenters. The van der Waals surface area contributed by atoms with Crippen molar-refractivity contribution in [1.29, 1.82) is 0 Å². The van der Waals surface area contributed by atoms with Gasteiger partial charge in [-0.2, -0.15) is 0 Å². The second-order valence-electron chi connectivity index (χ2n) is 12.4. The topological polar surface area (TPSA) is 4.93 Å². The highest BCUT2D eigenvalue weighted by atomic mass is 32.1. The fourth-order valence-electron chi connectivity index (χ4n) is 6.54. The van der Waals surface area contributed by atoms with Crippen molar-refractivity contribution in [3.05, 3.63) is 21.9 Å². The predicted molar refractivity (Wildman–Crippen MR) is 193 cm³/mol. The SMILES string of the molecule is CCCCCCCCCCCCn1c2c3scc(CCCCCC)c3sc2c2sc3c(CCCCCC)csc3c21. The molecule has 0 fully saturated rings. The molecule has 0 saturated carbocycles. The molecule has 0 spiro atoms. The summed E-state index contributed by atoms with van der Waals surface area (Å²) in [5, 5.41) is 4.99. The minimum atomic E-state index is 1.18. The lowest BCUT2D eigenvalue weighted by atomic mass is 10.1. The summed E-state index contributed by atoms with van der Waals surface area (Å²) in [5.74, 6) is 0. The van der Waals surface area contributed by atoms with Crippen LogP contribution in [0.3, 0.4) is 0 Å². The van der Waals surface area contributed by atoms with Gasteiger partial charge in [0, 0.05) is 6.54 Å². The van der Waals surface area contributed by atoms with Crippen LogP contribution in [-0.2, 0) is 19.4 Å².